The second-order valence-corrected chi connectivity index (χ2v) is 3.84. The minimum atomic E-state index is -4.50. The summed E-state index contributed by atoms with van der Waals surface area (Å²) in [5, 5.41) is 2.32. The molecule has 0 fully saturated rings. The average Bonchev–Trinajstić information content (AvgIpc) is 2.91. The van der Waals surface area contributed by atoms with Crippen LogP contribution < -0.4 is 10.1 Å². The van der Waals surface area contributed by atoms with E-state index in [0.717, 1.165) is 18.2 Å². The Morgan fingerprint density at radius 3 is 2.60 bits per heavy atom. The lowest BCUT2D eigenvalue weighted by Crippen LogP contribution is -2.13. The van der Waals surface area contributed by atoms with Crippen LogP contribution in [0.1, 0.15) is 16.1 Å². The minimum absolute atomic E-state index is 0.00975. The highest BCUT2D eigenvalue weighted by Crippen LogP contribution is 2.35. The summed E-state index contributed by atoms with van der Waals surface area (Å²) >= 11 is 0. The van der Waals surface area contributed by atoms with Crippen LogP contribution >= 0.6 is 0 Å². The van der Waals surface area contributed by atoms with Crippen molar-refractivity contribution < 1.29 is 27.1 Å². The molecule has 0 aliphatic carbocycles. The van der Waals surface area contributed by atoms with Crippen LogP contribution in [0, 0.1) is 0 Å². The van der Waals surface area contributed by atoms with Crippen molar-refractivity contribution in [3.05, 3.63) is 47.9 Å². The molecule has 0 saturated heterocycles. The van der Waals surface area contributed by atoms with Crippen molar-refractivity contribution >= 4 is 11.6 Å². The predicted octanol–water partition coefficient (Wildman–Crippen LogP) is 3.56. The molecule has 0 saturated carbocycles. The SMILES string of the molecule is COc1ccc(C(F)(F)F)cc1NC(=O)c1ccco1. The molecule has 0 aliphatic heterocycles. The monoisotopic (exact) mass is 285 g/mol. The number of halogens is 3. The van der Waals surface area contributed by atoms with Gasteiger partial charge in [0.25, 0.3) is 5.91 Å². The Hall–Kier alpha value is -2.44. The first-order valence-electron chi connectivity index (χ1n) is 5.52. The number of methoxy groups -OCH3 is 1. The van der Waals surface area contributed by atoms with E-state index >= 15 is 0 Å². The first-order chi connectivity index (χ1) is 9.41. The molecule has 0 bridgehead atoms. The fraction of sp³-hybridized carbons (Fsp3) is 0.154. The van der Waals surface area contributed by atoms with Gasteiger partial charge in [0, 0.05) is 0 Å². The van der Waals surface area contributed by atoms with Gasteiger partial charge in [0.2, 0.25) is 0 Å². The molecule has 1 heterocycles. The first kappa shape index (κ1) is 14.0. The van der Waals surface area contributed by atoms with Crippen LogP contribution in [0.15, 0.2) is 41.0 Å². The van der Waals surface area contributed by atoms with E-state index in [-0.39, 0.29) is 17.2 Å². The number of carbonyl (C=O) groups excluding carboxylic acids is 1. The maximum absolute atomic E-state index is 12.6. The third-order valence-electron chi connectivity index (χ3n) is 2.52. The maximum Gasteiger partial charge on any atom is 0.416 e. The van der Waals surface area contributed by atoms with Crippen LogP contribution in [0.2, 0.25) is 0 Å². The largest absolute Gasteiger partial charge is 0.495 e. The lowest BCUT2D eigenvalue weighted by atomic mass is 10.1. The number of carbonyl (C=O) groups is 1. The molecule has 7 heteroatoms. The highest BCUT2D eigenvalue weighted by molar-refractivity contribution is 6.03. The highest BCUT2D eigenvalue weighted by atomic mass is 19.4. The van der Waals surface area contributed by atoms with Gasteiger partial charge in [-0.25, -0.2) is 0 Å². The molecule has 0 unspecified atom stereocenters. The number of benzene rings is 1. The summed E-state index contributed by atoms with van der Waals surface area (Å²) in [5.41, 5.74) is -0.961. The Morgan fingerprint density at radius 1 is 1.30 bits per heavy atom. The van der Waals surface area contributed by atoms with Gasteiger partial charge in [0.05, 0.1) is 24.6 Å². The molecule has 1 aromatic heterocycles. The number of amides is 1. The van der Waals surface area contributed by atoms with Crippen molar-refractivity contribution in [1.29, 1.82) is 0 Å². The van der Waals surface area contributed by atoms with E-state index in [1.54, 1.807) is 0 Å². The van der Waals surface area contributed by atoms with Crippen LogP contribution in [-0.2, 0) is 6.18 Å². The van der Waals surface area contributed by atoms with Crippen molar-refractivity contribution in [2.75, 3.05) is 12.4 Å². The zero-order chi connectivity index (χ0) is 14.8. The van der Waals surface area contributed by atoms with E-state index in [0.29, 0.717) is 0 Å². The number of alkyl halides is 3. The lowest BCUT2D eigenvalue weighted by molar-refractivity contribution is -0.137. The van der Waals surface area contributed by atoms with Crippen LogP contribution in [0.5, 0.6) is 5.75 Å². The van der Waals surface area contributed by atoms with Crippen molar-refractivity contribution in [3.63, 3.8) is 0 Å². The first-order valence-corrected chi connectivity index (χ1v) is 5.52. The summed E-state index contributed by atoms with van der Waals surface area (Å²) in [6, 6.07) is 5.72. The number of anilines is 1. The summed E-state index contributed by atoms with van der Waals surface area (Å²) in [4.78, 5) is 11.8. The van der Waals surface area contributed by atoms with E-state index < -0.39 is 17.6 Å². The minimum Gasteiger partial charge on any atom is -0.495 e. The van der Waals surface area contributed by atoms with Gasteiger partial charge in [-0.15, -0.1) is 0 Å². The molecule has 2 aromatic rings. The van der Waals surface area contributed by atoms with Crippen molar-refractivity contribution in [1.82, 2.24) is 0 Å². The zero-order valence-corrected chi connectivity index (χ0v) is 10.3. The summed E-state index contributed by atoms with van der Waals surface area (Å²) in [7, 11) is 1.30. The van der Waals surface area contributed by atoms with E-state index in [4.69, 9.17) is 9.15 Å². The van der Waals surface area contributed by atoms with E-state index in [9.17, 15) is 18.0 Å². The molecular formula is C13H10F3NO3. The van der Waals surface area contributed by atoms with Gasteiger partial charge < -0.3 is 14.5 Å². The fourth-order valence-corrected chi connectivity index (χ4v) is 1.57. The van der Waals surface area contributed by atoms with Gasteiger partial charge in [-0.2, -0.15) is 13.2 Å². The van der Waals surface area contributed by atoms with Crippen molar-refractivity contribution in [2.24, 2.45) is 0 Å². The highest BCUT2D eigenvalue weighted by Gasteiger charge is 2.31. The number of rotatable bonds is 3. The van der Waals surface area contributed by atoms with E-state index in [1.165, 1.54) is 25.5 Å². The molecule has 0 aliphatic rings. The Bertz CT molecular complexity index is 606. The van der Waals surface area contributed by atoms with Gasteiger partial charge >= 0.3 is 6.18 Å². The van der Waals surface area contributed by atoms with E-state index in [1.807, 2.05) is 0 Å². The summed E-state index contributed by atoms with van der Waals surface area (Å²) in [6.07, 6.45) is -3.21. The van der Waals surface area contributed by atoms with Gasteiger partial charge in [0.1, 0.15) is 5.75 Å². The fourth-order valence-electron chi connectivity index (χ4n) is 1.57. The third kappa shape index (κ3) is 2.93. The number of furan rings is 1. The van der Waals surface area contributed by atoms with Crippen LogP contribution in [0.25, 0.3) is 0 Å². The zero-order valence-electron chi connectivity index (χ0n) is 10.3. The smallest absolute Gasteiger partial charge is 0.416 e. The topological polar surface area (TPSA) is 51.5 Å². The Balaban J connectivity index is 2.32. The Morgan fingerprint density at radius 2 is 2.05 bits per heavy atom. The lowest BCUT2D eigenvalue weighted by Gasteiger charge is -2.13. The molecule has 2 rings (SSSR count). The Kier molecular flexibility index (Phi) is 3.69. The summed E-state index contributed by atoms with van der Waals surface area (Å²) in [5.74, 6) is -0.546. The molecule has 1 N–H and O–H groups in total. The normalized spacial score (nSPS) is 11.2. The molecule has 1 amide bonds. The quantitative estimate of drug-likeness (QED) is 0.938. The second kappa shape index (κ2) is 5.28. The molecule has 0 radical (unpaired) electrons. The van der Waals surface area contributed by atoms with Crippen molar-refractivity contribution in [3.8, 4) is 5.75 Å². The summed E-state index contributed by atoms with van der Waals surface area (Å²) in [6.45, 7) is 0. The predicted molar refractivity (Wildman–Crippen MR) is 64.7 cm³/mol. The van der Waals surface area contributed by atoms with Crippen LogP contribution in [-0.4, -0.2) is 13.0 Å². The molecule has 1 aromatic carbocycles. The summed E-state index contributed by atoms with van der Waals surface area (Å²) < 4.78 is 47.7. The number of nitrogens with one attached hydrogen (secondary N) is 1. The molecule has 106 valence electrons. The van der Waals surface area contributed by atoms with Gasteiger partial charge in [-0.05, 0) is 30.3 Å². The molecule has 0 spiro atoms. The van der Waals surface area contributed by atoms with Gasteiger partial charge in [0.15, 0.2) is 5.76 Å². The molecular weight excluding hydrogens is 275 g/mol. The average molecular weight is 285 g/mol. The molecule has 0 atom stereocenters. The Labute approximate surface area is 112 Å². The molecule has 4 nitrogen and oxygen atoms in total. The number of hydrogen-bond donors (Lipinski definition) is 1. The molecule has 20 heavy (non-hydrogen) atoms. The standard InChI is InChI=1S/C13H10F3NO3/c1-19-10-5-4-8(13(14,15)16)7-9(10)17-12(18)11-3-2-6-20-11/h2-7H,1H3,(H,17,18). The van der Waals surface area contributed by atoms with E-state index in [2.05, 4.69) is 5.32 Å². The third-order valence-corrected chi connectivity index (χ3v) is 2.52. The number of hydrogen-bond acceptors (Lipinski definition) is 3. The maximum atomic E-state index is 12.6. The van der Waals surface area contributed by atoms with Gasteiger partial charge in [-0.3, -0.25) is 4.79 Å². The van der Waals surface area contributed by atoms with Crippen LogP contribution in [0.3, 0.4) is 0 Å². The van der Waals surface area contributed by atoms with Crippen LogP contribution in [0.4, 0.5) is 18.9 Å². The second-order valence-electron chi connectivity index (χ2n) is 3.84. The van der Waals surface area contributed by atoms with Gasteiger partial charge in [-0.1, -0.05) is 0 Å². The number of ether oxygens (including phenoxy) is 1. The van der Waals surface area contributed by atoms with Crippen molar-refractivity contribution in [2.45, 2.75) is 6.18 Å².